The van der Waals surface area contributed by atoms with Gasteiger partial charge in [0.1, 0.15) is 5.82 Å². The van der Waals surface area contributed by atoms with Gasteiger partial charge in [0, 0.05) is 6.54 Å². The minimum absolute atomic E-state index is 0.469. The number of pyridine rings is 1. The van der Waals surface area contributed by atoms with Crippen LogP contribution in [0.2, 0.25) is 0 Å². The number of nitrogens with one attached hydrogen (secondary N) is 1. The van der Waals surface area contributed by atoms with Gasteiger partial charge in [0.2, 0.25) is 0 Å². The molecule has 0 radical (unpaired) electrons. The number of rotatable bonds is 4. The first kappa shape index (κ1) is 13.7. The lowest BCUT2D eigenvalue weighted by atomic mass is 9.83. The molecule has 1 aromatic rings. The van der Waals surface area contributed by atoms with Crippen LogP contribution < -0.4 is 11.1 Å². The van der Waals surface area contributed by atoms with Gasteiger partial charge in [0.05, 0.1) is 16.4 Å². The van der Waals surface area contributed by atoms with Crippen LogP contribution in [-0.4, -0.2) is 11.5 Å². The molecule has 1 heterocycles. The van der Waals surface area contributed by atoms with Gasteiger partial charge in [-0.1, -0.05) is 19.8 Å². The van der Waals surface area contributed by atoms with Crippen molar-refractivity contribution < 1.29 is 0 Å². The molecule has 1 saturated carbocycles. The number of nitrogens with zero attached hydrogens (tertiary/aromatic N) is 1. The molecule has 1 aromatic heterocycles. The molecule has 18 heavy (non-hydrogen) atoms. The summed E-state index contributed by atoms with van der Waals surface area (Å²) in [6.07, 6.45) is 8.38. The Kier molecular flexibility index (Phi) is 4.15. The predicted octanol–water partition coefficient (Wildman–Crippen LogP) is 4.12. The summed E-state index contributed by atoms with van der Waals surface area (Å²) in [5, 5.41) is 3.50. The normalized spacial score (nSPS) is 17.9. The number of halogens is 1. The van der Waals surface area contributed by atoms with E-state index in [9.17, 15) is 0 Å². The van der Waals surface area contributed by atoms with Crippen LogP contribution in [0.4, 0.5) is 11.5 Å². The van der Waals surface area contributed by atoms with E-state index in [1.807, 2.05) is 6.92 Å². The lowest BCUT2D eigenvalue weighted by molar-refractivity contribution is 0.306. The molecule has 1 fully saturated rings. The van der Waals surface area contributed by atoms with E-state index in [1.165, 1.54) is 32.1 Å². The first-order valence-electron chi connectivity index (χ1n) is 6.72. The molecule has 0 aromatic carbocycles. The van der Waals surface area contributed by atoms with Gasteiger partial charge in [0.15, 0.2) is 0 Å². The first-order valence-corrected chi connectivity index (χ1v) is 7.52. The van der Waals surface area contributed by atoms with E-state index < -0.39 is 0 Å². The molecule has 3 N–H and O–H groups in total. The second kappa shape index (κ2) is 5.47. The molecule has 0 aliphatic heterocycles. The Morgan fingerprint density at radius 3 is 2.72 bits per heavy atom. The lowest BCUT2D eigenvalue weighted by Crippen LogP contribution is -2.26. The van der Waals surface area contributed by atoms with E-state index in [1.54, 1.807) is 6.20 Å². The number of nitrogen functional groups attached to an aromatic ring is 1. The number of hydrogen-bond donors (Lipinski definition) is 2. The summed E-state index contributed by atoms with van der Waals surface area (Å²) in [5.41, 5.74) is 8.10. The smallest absolute Gasteiger partial charge is 0.140 e. The third-order valence-corrected chi connectivity index (χ3v) is 5.32. The van der Waals surface area contributed by atoms with Gasteiger partial charge in [-0.25, -0.2) is 4.98 Å². The zero-order chi connectivity index (χ0) is 13.2. The maximum absolute atomic E-state index is 5.84. The third-order valence-electron chi connectivity index (χ3n) is 4.35. The summed E-state index contributed by atoms with van der Waals surface area (Å²) in [5.74, 6) is 0.918. The molecule has 4 heteroatoms. The Hall–Kier alpha value is -0.770. The Balaban J connectivity index is 2.08. The van der Waals surface area contributed by atoms with Crippen LogP contribution >= 0.6 is 15.9 Å². The quantitative estimate of drug-likeness (QED) is 0.879. The molecule has 0 saturated heterocycles. The van der Waals surface area contributed by atoms with E-state index >= 15 is 0 Å². The molecule has 3 nitrogen and oxygen atoms in total. The molecule has 2 rings (SSSR count). The van der Waals surface area contributed by atoms with Gasteiger partial charge in [0.25, 0.3) is 0 Å². The van der Waals surface area contributed by atoms with E-state index in [4.69, 9.17) is 5.73 Å². The highest BCUT2D eigenvalue weighted by Crippen LogP contribution is 2.41. The number of aromatic nitrogens is 1. The average Bonchev–Trinajstić information content (AvgIpc) is 2.85. The van der Waals surface area contributed by atoms with Crippen molar-refractivity contribution in [2.24, 2.45) is 5.41 Å². The summed E-state index contributed by atoms with van der Waals surface area (Å²) in [4.78, 5) is 4.38. The zero-order valence-electron chi connectivity index (χ0n) is 11.2. The fourth-order valence-corrected chi connectivity index (χ4v) is 3.24. The van der Waals surface area contributed by atoms with Crippen LogP contribution in [0.15, 0.2) is 10.7 Å². The molecule has 0 spiro atoms. The summed E-state index contributed by atoms with van der Waals surface area (Å²) in [6.45, 7) is 5.32. The van der Waals surface area contributed by atoms with Crippen LogP contribution in [-0.2, 0) is 0 Å². The number of nitrogens with two attached hydrogens (primary N) is 1. The summed E-state index contributed by atoms with van der Waals surface area (Å²) in [7, 11) is 0. The Morgan fingerprint density at radius 1 is 1.44 bits per heavy atom. The highest BCUT2D eigenvalue weighted by Gasteiger charge is 2.31. The van der Waals surface area contributed by atoms with E-state index in [-0.39, 0.29) is 0 Å². The molecule has 0 unspecified atom stereocenters. The van der Waals surface area contributed by atoms with Crippen molar-refractivity contribution in [2.75, 3.05) is 17.6 Å². The number of anilines is 2. The van der Waals surface area contributed by atoms with Crippen molar-refractivity contribution >= 4 is 27.4 Å². The van der Waals surface area contributed by atoms with Crippen LogP contribution in [0.3, 0.4) is 0 Å². The summed E-state index contributed by atoms with van der Waals surface area (Å²) < 4.78 is 0.992. The Bertz CT molecular complexity index is 425. The monoisotopic (exact) mass is 311 g/mol. The summed E-state index contributed by atoms with van der Waals surface area (Å²) >= 11 is 3.58. The highest BCUT2D eigenvalue weighted by atomic mass is 79.9. The molecule has 0 amide bonds. The minimum Gasteiger partial charge on any atom is -0.397 e. The van der Waals surface area contributed by atoms with E-state index in [0.29, 0.717) is 5.41 Å². The third kappa shape index (κ3) is 2.63. The second-order valence-electron chi connectivity index (χ2n) is 5.42. The first-order chi connectivity index (χ1) is 8.58. The molecular formula is C14H22BrN3. The molecule has 0 atom stereocenters. The van der Waals surface area contributed by atoms with Gasteiger partial charge < -0.3 is 11.1 Å². The maximum atomic E-state index is 5.84. The van der Waals surface area contributed by atoms with Gasteiger partial charge in [-0.2, -0.15) is 0 Å². The maximum Gasteiger partial charge on any atom is 0.140 e. The van der Waals surface area contributed by atoms with Gasteiger partial charge in [-0.3, -0.25) is 0 Å². The molecule has 0 bridgehead atoms. The van der Waals surface area contributed by atoms with Gasteiger partial charge in [-0.05, 0) is 53.1 Å². The van der Waals surface area contributed by atoms with E-state index in [2.05, 4.69) is 33.2 Å². The Labute approximate surface area is 118 Å². The number of hydrogen-bond acceptors (Lipinski definition) is 3. The second-order valence-corrected chi connectivity index (χ2v) is 6.21. The molecular weight excluding hydrogens is 290 g/mol. The van der Waals surface area contributed by atoms with Gasteiger partial charge in [-0.15, -0.1) is 0 Å². The van der Waals surface area contributed by atoms with Crippen LogP contribution in [0, 0.1) is 12.3 Å². The van der Waals surface area contributed by atoms with Crippen LogP contribution in [0.5, 0.6) is 0 Å². The minimum atomic E-state index is 0.469. The zero-order valence-corrected chi connectivity index (χ0v) is 12.8. The van der Waals surface area contributed by atoms with Crippen molar-refractivity contribution in [1.29, 1.82) is 0 Å². The largest absolute Gasteiger partial charge is 0.397 e. The topological polar surface area (TPSA) is 50.9 Å². The summed E-state index contributed by atoms with van der Waals surface area (Å²) in [6, 6.07) is 0. The van der Waals surface area contributed by atoms with Gasteiger partial charge >= 0.3 is 0 Å². The van der Waals surface area contributed by atoms with Crippen LogP contribution in [0.1, 0.15) is 44.6 Å². The average molecular weight is 312 g/mol. The van der Waals surface area contributed by atoms with Crippen LogP contribution in [0.25, 0.3) is 0 Å². The molecule has 1 aliphatic rings. The van der Waals surface area contributed by atoms with Crippen molar-refractivity contribution in [1.82, 2.24) is 4.98 Å². The van der Waals surface area contributed by atoms with Crippen molar-refractivity contribution in [3.63, 3.8) is 0 Å². The van der Waals surface area contributed by atoms with Crippen molar-refractivity contribution in [3.8, 4) is 0 Å². The lowest BCUT2D eigenvalue weighted by Gasteiger charge is -2.28. The van der Waals surface area contributed by atoms with E-state index in [0.717, 1.165) is 28.1 Å². The standard InChI is InChI=1S/C14H22BrN3/c1-3-14(6-4-5-7-14)9-18-13-12(15)10(2)11(16)8-17-13/h8H,3-7,9,16H2,1-2H3,(H,17,18). The van der Waals surface area contributed by atoms with Crippen molar-refractivity contribution in [3.05, 3.63) is 16.2 Å². The highest BCUT2D eigenvalue weighted by molar-refractivity contribution is 9.10. The fraction of sp³-hybridized carbons (Fsp3) is 0.643. The molecule has 100 valence electrons. The predicted molar refractivity (Wildman–Crippen MR) is 80.8 cm³/mol. The SMILES string of the molecule is CCC1(CNc2ncc(N)c(C)c2Br)CCCC1. The fourth-order valence-electron chi connectivity index (χ4n) is 2.77. The Morgan fingerprint density at radius 2 is 2.11 bits per heavy atom. The van der Waals surface area contributed by atoms with Crippen molar-refractivity contribution in [2.45, 2.75) is 46.0 Å². The molecule has 1 aliphatic carbocycles.